The molecule has 4 rings (SSSR count). The molecule has 2 aromatic carbocycles. The predicted molar refractivity (Wildman–Crippen MR) is 143 cm³/mol. The van der Waals surface area contributed by atoms with Crippen molar-refractivity contribution in [3.63, 3.8) is 0 Å². The first-order chi connectivity index (χ1) is 17.3. The number of hydrogen-bond acceptors (Lipinski definition) is 5. The van der Waals surface area contributed by atoms with Crippen LogP contribution in [0.15, 0.2) is 30.3 Å². The molecule has 1 N–H and O–H groups in total. The Morgan fingerprint density at radius 1 is 1.08 bits per heavy atom. The normalized spacial score (nSPS) is 11.3. The topological polar surface area (TPSA) is 82.0 Å². The lowest BCUT2D eigenvalue weighted by Gasteiger charge is -2.12. The van der Waals surface area contributed by atoms with Crippen LogP contribution in [-0.4, -0.2) is 38.7 Å². The highest BCUT2D eigenvalue weighted by molar-refractivity contribution is 6.31. The van der Waals surface area contributed by atoms with Gasteiger partial charge in [-0.1, -0.05) is 37.4 Å². The fourth-order valence-corrected chi connectivity index (χ4v) is 4.53. The first-order valence-corrected chi connectivity index (χ1v) is 12.8. The molecule has 0 saturated heterocycles. The number of halogens is 1. The van der Waals surface area contributed by atoms with Gasteiger partial charge in [-0.25, -0.2) is 14.8 Å². The standard InChI is InChI=1S/C28H33ClN4O3/c1-6-8-9-12-36-22-11-10-20(23(29)15-22)16-33-19(5)31-25-17(3)13-21(14-24(25)33)27-30-18(4)26(32-27)28(34)35-7-2/h10-11,13-15H,6-9,12,16H2,1-5H3,(H,30,32). The first kappa shape index (κ1) is 25.8. The molecule has 2 aromatic heterocycles. The summed E-state index contributed by atoms with van der Waals surface area (Å²) >= 11 is 6.65. The molecule has 8 heteroatoms. The molecular formula is C28H33ClN4O3. The smallest absolute Gasteiger partial charge is 0.356 e. The number of unbranched alkanes of at least 4 members (excludes halogenated alkanes) is 2. The molecular weight excluding hydrogens is 476 g/mol. The number of ether oxygens (including phenoxy) is 2. The molecule has 190 valence electrons. The van der Waals surface area contributed by atoms with Gasteiger partial charge in [-0.2, -0.15) is 0 Å². The Labute approximate surface area is 216 Å². The summed E-state index contributed by atoms with van der Waals surface area (Å²) in [7, 11) is 0. The summed E-state index contributed by atoms with van der Waals surface area (Å²) in [5.41, 5.74) is 5.77. The van der Waals surface area contributed by atoms with Crippen LogP contribution in [0.4, 0.5) is 0 Å². The number of rotatable bonds is 10. The molecule has 0 fully saturated rings. The van der Waals surface area contributed by atoms with E-state index in [0.717, 1.165) is 58.6 Å². The number of imidazole rings is 2. The van der Waals surface area contributed by atoms with E-state index in [1.807, 2.05) is 38.1 Å². The number of hydrogen-bond donors (Lipinski definition) is 1. The van der Waals surface area contributed by atoms with E-state index in [2.05, 4.69) is 27.5 Å². The predicted octanol–water partition coefficient (Wildman–Crippen LogP) is 6.80. The Balaban J connectivity index is 1.65. The van der Waals surface area contributed by atoms with E-state index >= 15 is 0 Å². The SMILES string of the molecule is CCCCCOc1ccc(Cn2c(C)nc3c(C)cc(-c4nc(C)c(C(=O)OCC)[nH]4)cc32)c(Cl)c1. The summed E-state index contributed by atoms with van der Waals surface area (Å²) in [6, 6.07) is 9.96. The van der Waals surface area contributed by atoms with Crippen LogP contribution in [0.2, 0.25) is 5.02 Å². The maximum absolute atomic E-state index is 12.3. The van der Waals surface area contributed by atoms with Crippen LogP contribution in [0.3, 0.4) is 0 Å². The summed E-state index contributed by atoms with van der Waals surface area (Å²) < 4.78 is 13.1. The van der Waals surface area contributed by atoms with Crippen molar-refractivity contribution in [1.29, 1.82) is 0 Å². The Morgan fingerprint density at radius 3 is 2.61 bits per heavy atom. The minimum Gasteiger partial charge on any atom is -0.494 e. The zero-order chi connectivity index (χ0) is 25.8. The van der Waals surface area contributed by atoms with Crippen LogP contribution in [0, 0.1) is 20.8 Å². The van der Waals surface area contributed by atoms with Gasteiger partial charge in [0.15, 0.2) is 0 Å². The number of benzene rings is 2. The fraction of sp³-hybridized carbons (Fsp3) is 0.393. The van der Waals surface area contributed by atoms with Crippen molar-refractivity contribution in [3.05, 3.63) is 63.7 Å². The average molecular weight is 509 g/mol. The van der Waals surface area contributed by atoms with Crippen LogP contribution in [0.25, 0.3) is 22.4 Å². The second-order valence-corrected chi connectivity index (χ2v) is 9.39. The molecule has 0 aliphatic carbocycles. The van der Waals surface area contributed by atoms with Gasteiger partial charge in [0.1, 0.15) is 23.1 Å². The number of nitrogens with zero attached hydrogens (tertiary/aromatic N) is 3. The summed E-state index contributed by atoms with van der Waals surface area (Å²) in [6.07, 6.45) is 3.35. The second kappa shape index (κ2) is 11.2. The van der Waals surface area contributed by atoms with Crippen molar-refractivity contribution < 1.29 is 14.3 Å². The Kier molecular flexibility index (Phi) is 7.99. The van der Waals surface area contributed by atoms with Crippen molar-refractivity contribution in [2.24, 2.45) is 0 Å². The van der Waals surface area contributed by atoms with Crippen LogP contribution < -0.4 is 4.74 Å². The van der Waals surface area contributed by atoms with E-state index in [-0.39, 0.29) is 0 Å². The van der Waals surface area contributed by atoms with E-state index < -0.39 is 5.97 Å². The van der Waals surface area contributed by atoms with Gasteiger partial charge in [0.2, 0.25) is 0 Å². The molecule has 4 aromatic rings. The highest BCUT2D eigenvalue weighted by Crippen LogP contribution is 2.30. The van der Waals surface area contributed by atoms with Crippen molar-refractivity contribution in [3.8, 4) is 17.1 Å². The highest BCUT2D eigenvalue weighted by atomic mass is 35.5. The fourth-order valence-electron chi connectivity index (χ4n) is 4.30. The molecule has 0 spiro atoms. The number of aromatic amines is 1. The van der Waals surface area contributed by atoms with Crippen molar-refractivity contribution in [2.45, 2.75) is 60.4 Å². The van der Waals surface area contributed by atoms with Gasteiger partial charge < -0.3 is 19.0 Å². The summed E-state index contributed by atoms with van der Waals surface area (Å²) in [5, 5.41) is 0.665. The van der Waals surface area contributed by atoms with Gasteiger partial charge in [0.25, 0.3) is 0 Å². The highest BCUT2D eigenvalue weighted by Gasteiger charge is 2.19. The molecule has 0 saturated carbocycles. The van der Waals surface area contributed by atoms with E-state index in [4.69, 9.17) is 26.1 Å². The molecule has 0 bridgehead atoms. The third-order valence-electron chi connectivity index (χ3n) is 6.24. The molecule has 7 nitrogen and oxygen atoms in total. The van der Waals surface area contributed by atoms with E-state index in [1.165, 1.54) is 0 Å². The van der Waals surface area contributed by atoms with E-state index in [1.54, 1.807) is 13.8 Å². The Morgan fingerprint density at radius 2 is 1.89 bits per heavy atom. The number of esters is 1. The van der Waals surface area contributed by atoms with Gasteiger partial charge in [0, 0.05) is 10.6 Å². The number of carbonyl (C=O) groups is 1. The lowest BCUT2D eigenvalue weighted by Crippen LogP contribution is -2.06. The van der Waals surface area contributed by atoms with Crippen LogP contribution in [0.1, 0.15) is 66.2 Å². The molecule has 0 radical (unpaired) electrons. The molecule has 0 amide bonds. The number of aryl methyl sites for hydroxylation is 3. The van der Waals surface area contributed by atoms with Crippen LogP contribution >= 0.6 is 11.6 Å². The van der Waals surface area contributed by atoms with Gasteiger partial charge >= 0.3 is 5.97 Å². The molecule has 36 heavy (non-hydrogen) atoms. The molecule has 0 unspecified atom stereocenters. The number of fused-ring (bicyclic) bond motifs is 1. The van der Waals surface area contributed by atoms with Gasteiger partial charge in [0.05, 0.1) is 36.5 Å². The number of aromatic nitrogens is 4. The van der Waals surface area contributed by atoms with Gasteiger partial charge in [-0.05, 0) is 69.5 Å². The quantitative estimate of drug-likeness (QED) is 0.188. The summed E-state index contributed by atoms with van der Waals surface area (Å²) in [6.45, 7) is 11.4. The third-order valence-corrected chi connectivity index (χ3v) is 6.59. The van der Waals surface area contributed by atoms with Gasteiger partial charge in [-0.15, -0.1) is 0 Å². The van der Waals surface area contributed by atoms with Crippen LogP contribution in [0.5, 0.6) is 5.75 Å². The Hall–Kier alpha value is -3.32. The lowest BCUT2D eigenvalue weighted by molar-refractivity contribution is 0.0519. The molecule has 0 aliphatic rings. The summed E-state index contributed by atoms with van der Waals surface area (Å²) in [4.78, 5) is 24.8. The van der Waals surface area contributed by atoms with Crippen molar-refractivity contribution >= 4 is 28.6 Å². The van der Waals surface area contributed by atoms with Crippen molar-refractivity contribution in [1.82, 2.24) is 19.5 Å². The van der Waals surface area contributed by atoms with Crippen molar-refractivity contribution in [2.75, 3.05) is 13.2 Å². The number of H-pyrrole nitrogens is 1. The van der Waals surface area contributed by atoms with E-state index in [9.17, 15) is 4.79 Å². The Bertz CT molecular complexity index is 1390. The average Bonchev–Trinajstić information content (AvgIpc) is 3.38. The largest absolute Gasteiger partial charge is 0.494 e. The maximum Gasteiger partial charge on any atom is 0.356 e. The minimum atomic E-state index is -0.403. The molecule has 0 atom stereocenters. The molecule has 0 aliphatic heterocycles. The first-order valence-electron chi connectivity index (χ1n) is 12.4. The monoisotopic (exact) mass is 508 g/mol. The summed E-state index contributed by atoms with van der Waals surface area (Å²) in [5.74, 6) is 1.90. The maximum atomic E-state index is 12.3. The minimum absolute atomic E-state index is 0.310. The zero-order valence-corrected chi connectivity index (χ0v) is 22.3. The number of carbonyl (C=O) groups excluding carboxylic acids is 1. The number of nitrogens with one attached hydrogen (secondary N) is 1. The second-order valence-electron chi connectivity index (χ2n) is 8.98. The van der Waals surface area contributed by atoms with Gasteiger partial charge in [-0.3, -0.25) is 0 Å². The molecule has 2 heterocycles. The van der Waals surface area contributed by atoms with Crippen LogP contribution in [-0.2, 0) is 11.3 Å². The lowest BCUT2D eigenvalue weighted by atomic mass is 10.1. The zero-order valence-electron chi connectivity index (χ0n) is 21.6. The van der Waals surface area contributed by atoms with E-state index in [0.29, 0.717) is 42.0 Å². The third kappa shape index (κ3) is 5.41.